The van der Waals surface area contributed by atoms with Crippen LogP contribution in [0.1, 0.15) is 44.5 Å². The standard InChI is InChI=1S/C23H34N2O5Si/c1-16-13-24(22(28)25(21(16)27)14-17-10-8-7-9-11-17)20-12-18(26)19(30-20)15-29-31(5,6)23(2,3)4/h7-11,13,18-20,26H,12,14-15H2,1-6H3/t18-,19+,20+/m0/s1. The van der Waals surface area contributed by atoms with Gasteiger partial charge < -0.3 is 14.3 Å². The Kier molecular flexibility index (Phi) is 6.76. The fourth-order valence-corrected chi connectivity index (χ4v) is 4.43. The molecule has 7 nitrogen and oxygen atoms in total. The lowest BCUT2D eigenvalue weighted by molar-refractivity contribution is -0.0437. The highest BCUT2D eigenvalue weighted by molar-refractivity contribution is 6.74. The molecule has 3 rings (SSSR count). The van der Waals surface area contributed by atoms with Crippen molar-refractivity contribution in [1.82, 2.24) is 9.13 Å². The van der Waals surface area contributed by atoms with Gasteiger partial charge in [0.15, 0.2) is 8.32 Å². The topological polar surface area (TPSA) is 82.7 Å². The van der Waals surface area contributed by atoms with Gasteiger partial charge in [-0.2, -0.15) is 0 Å². The third-order valence-electron chi connectivity index (χ3n) is 6.48. The van der Waals surface area contributed by atoms with Crippen LogP contribution in [0.3, 0.4) is 0 Å². The van der Waals surface area contributed by atoms with Gasteiger partial charge in [-0.25, -0.2) is 4.79 Å². The average Bonchev–Trinajstić information content (AvgIpc) is 3.07. The number of benzene rings is 1. The Morgan fingerprint density at radius 2 is 1.84 bits per heavy atom. The number of hydrogen-bond acceptors (Lipinski definition) is 5. The van der Waals surface area contributed by atoms with Crippen LogP contribution in [0.4, 0.5) is 0 Å². The van der Waals surface area contributed by atoms with Crippen molar-refractivity contribution in [3.8, 4) is 0 Å². The van der Waals surface area contributed by atoms with Crippen LogP contribution >= 0.6 is 0 Å². The van der Waals surface area contributed by atoms with Gasteiger partial charge in [0.2, 0.25) is 0 Å². The first-order chi connectivity index (χ1) is 14.4. The number of aliphatic hydroxyl groups is 1. The summed E-state index contributed by atoms with van der Waals surface area (Å²) in [5, 5.41) is 10.6. The molecule has 0 amide bonds. The van der Waals surface area contributed by atoms with E-state index in [-0.39, 0.29) is 30.2 Å². The molecule has 1 aliphatic heterocycles. The number of aliphatic hydroxyl groups excluding tert-OH is 1. The predicted octanol–water partition coefficient (Wildman–Crippen LogP) is 3.04. The zero-order valence-corrected chi connectivity index (χ0v) is 20.3. The Hall–Kier alpha value is -2.00. The Bertz CT molecular complexity index is 1020. The maximum absolute atomic E-state index is 13.1. The van der Waals surface area contributed by atoms with Crippen molar-refractivity contribution in [1.29, 1.82) is 0 Å². The molecule has 3 atom stereocenters. The van der Waals surface area contributed by atoms with E-state index < -0.39 is 32.4 Å². The van der Waals surface area contributed by atoms with Gasteiger partial charge in [-0.05, 0) is 30.6 Å². The molecule has 8 heteroatoms. The average molecular weight is 447 g/mol. The summed E-state index contributed by atoms with van der Waals surface area (Å²) in [5.41, 5.74) is 0.561. The second kappa shape index (κ2) is 8.86. The summed E-state index contributed by atoms with van der Waals surface area (Å²) in [6, 6.07) is 9.39. The Balaban J connectivity index is 1.82. The molecule has 0 aliphatic carbocycles. The molecule has 170 valence electrons. The number of rotatable bonds is 6. The van der Waals surface area contributed by atoms with Gasteiger partial charge in [0.25, 0.3) is 5.56 Å². The molecule has 2 aromatic rings. The molecule has 0 radical (unpaired) electrons. The van der Waals surface area contributed by atoms with E-state index in [0.29, 0.717) is 5.56 Å². The van der Waals surface area contributed by atoms with Crippen molar-refractivity contribution in [2.45, 2.75) is 77.2 Å². The summed E-state index contributed by atoms with van der Waals surface area (Å²) >= 11 is 0. The lowest BCUT2D eigenvalue weighted by atomic mass is 10.2. The third-order valence-corrected chi connectivity index (χ3v) is 11.0. The number of hydrogen-bond donors (Lipinski definition) is 1. The summed E-state index contributed by atoms with van der Waals surface area (Å²) in [6.07, 6.45) is -0.0937. The third kappa shape index (κ3) is 5.09. The highest BCUT2D eigenvalue weighted by Gasteiger charge is 2.41. The van der Waals surface area contributed by atoms with E-state index in [2.05, 4.69) is 33.9 Å². The molecule has 0 bridgehead atoms. The molecule has 0 spiro atoms. The molecule has 1 saturated heterocycles. The summed E-state index contributed by atoms with van der Waals surface area (Å²) in [7, 11) is -1.99. The van der Waals surface area contributed by atoms with Crippen LogP contribution in [0, 0.1) is 6.92 Å². The van der Waals surface area contributed by atoms with Crippen LogP contribution in [-0.2, 0) is 15.7 Å². The minimum Gasteiger partial charge on any atom is -0.414 e. The van der Waals surface area contributed by atoms with Crippen molar-refractivity contribution >= 4 is 8.32 Å². The van der Waals surface area contributed by atoms with E-state index in [1.807, 2.05) is 30.3 Å². The van der Waals surface area contributed by atoms with E-state index >= 15 is 0 Å². The van der Waals surface area contributed by atoms with E-state index in [9.17, 15) is 14.7 Å². The summed E-state index contributed by atoms with van der Waals surface area (Å²) in [6.45, 7) is 12.9. The first-order valence-electron chi connectivity index (χ1n) is 10.7. The molecular formula is C23H34N2O5Si. The second-order valence-electron chi connectivity index (χ2n) is 9.88. The number of ether oxygens (including phenoxy) is 1. The SMILES string of the molecule is Cc1cn([C@H]2C[C@H](O)[C@@H](CO[Si](C)(C)C(C)(C)C)O2)c(=O)n(Cc2ccccc2)c1=O. The molecule has 31 heavy (non-hydrogen) atoms. The van der Waals surface area contributed by atoms with Gasteiger partial charge in [-0.1, -0.05) is 51.1 Å². The monoisotopic (exact) mass is 446 g/mol. The normalized spacial score (nSPS) is 22.1. The molecule has 1 N–H and O–H groups in total. The lowest BCUT2D eigenvalue weighted by Crippen LogP contribution is -2.44. The smallest absolute Gasteiger partial charge is 0.333 e. The molecule has 1 aliphatic rings. The van der Waals surface area contributed by atoms with Crippen LogP contribution in [0.15, 0.2) is 46.1 Å². The summed E-state index contributed by atoms with van der Waals surface area (Å²) in [5.74, 6) is 0. The van der Waals surface area contributed by atoms with Gasteiger partial charge in [0, 0.05) is 18.2 Å². The zero-order valence-electron chi connectivity index (χ0n) is 19.3. The first kappa shape index (κ1) is 23.7. The maximum atomic E-state index is 13.1. The van der Waals surface area contributed by atoms with Crippen molar-refractivity contribution in [2.75, 3.05) is 6.61 Å². The zero-order chi connectivity index (χ0) is 23.0. The molecule has 0 unspecified atom stereocenters. The van der Waals surface area contributed by atoms with Crippen LogP contribution in [-0.4, -0.2) is 41.4 Å². The van der Waals surface area contributed by atoms with Crippen LogP contribution in [0.2, 0.25) is 18.1 Å². The largest absolute Gasteiger partial charge is 0.414 e. The lowest BCUT2D eigenvalue weighted by Gasteiger charge is -2.37. The number of aryl methyl sites for hydroxylation is 1. The predicted molar refractivity (Wildman–Crippen MR) is 123 cm³/mol. The minimum atomic E-state index is -1.99. The summed E-state index contributed by atoms with van der Waals surface area (Å²) < 4.78 is 14.9. The highest BCUT2D eigenvalue weighted by Crippen LogP contribution is 2.37. The van der Waals surface area contributed by atoms with Gasteiger partial charge >= 0.3 is 5.69 Å². The molecule has 1 aromatic carbocycles. The number of aromatic nitrogens is 2. The Morgan fingerprint density at radius 3 is 2.45 bits per heavy atom. The van der Waals surface area contributed by atoms with Crippen LogP contribution in [0.5, 0.6) is 0 Å². The minimum absolute atomic E-state index is 0.0525. The van der Waals surface area contributed by atoms with Gasteiger partial charge in [-0.15, -0.1) is 0 Å². The van der Waals surface area contributed by atoms with Crippen molar-refractivity contribution < 1.29 is 14.3 Å². The Labute approximate surface area is 184 Å². The molecule has 0 saturated carbocycles. The van der Waals surface area contributed by atoms with E-state index in [1.54, 1.807) is 6.92 Å². The van der Waals surface area contributed by atoms with E-state index in [0.717, 1.165) is 5.56 Å². The summed E-state index contributed by atoms with van der Waals surface area (Å²) in [4.78, 5) is 25.8. The maximum Gasteiger partial charge on any atom is 0.333 e. The second-order valence-corrected chi connectivity index (χ2v) is 14.7. The van der Waals surface area contributed by atoms with Gasteiger partial charge in [-0.3, -0.25) is 13.9 Å². The van der Waals surface area contributed by atoms with Gasteiger partial charge in [0.1, 0.15) is 12.3 Å². The fourth-order valence-electron chi connectivity index (χ4n) is 3.41. The first-order valence-corrected chi connectivity index (χ1v) is 13.7. The highest BCUT2D eigenvalue weighted by atomic mass is 28.4. The Morgan fingerprint density at radius 1 is 1.19 bits per heavy atom. The van der Waals surface area contributed by atoms with E-state index in [1.165, 1.54) is 15.3 Å². The molecule has 1 aromatic heterocycles. The quantitative estimate of drug-likeness (QED) is 0.690. The van der Waals surface area contributed by atoms with Crippen molar-refractivity contribution in [3.05, 3.63) is 68.5 Å². The van der Waals surface area contributed by atoms with E-state index in [4.69, 9.17) is 9.16 Å². The number of nitrogens with zero attached hydrogens (tertiary/aromatic N) is 2. The molecule has 1 fully saturated rings. The fraction of sp³-hybridized carbons (Fsp3) is 0.565. The molecule has 2 heterocycles. The molecular weight excluding hydrogens is 412 g/mol. The van der Waals surface area contributed by atoms with Crippen LogP contribution < -0.4 is 11.2 Å². The van der Waals surface area contributed by atoms with Crippen molar-refractivity contribution in [2.24, 2.45) is 0 Å². The van der Waals surface area contributed by atoms with Gasteiger partial charge in [0.05, 0.1) is 19.3 Å². The van der Waals surface area contributed by atoms with Crippen molar-refractivity contribution in [3.63, 3.8) is 0 Å². The van der Waals surface area contributed by atoms with Crippen LogP contribution in [0.25, 0.3) is 0 Å².